The number of aromatic nitrogens is 2. The van der Waals surface area contributed by atoms with Crippen LogP contribution in [0.5, 0.6) is 0 Å². The van der Waals surface area contributed by atoms with Crippen molar-refractivity contribution in [2.45, 2.75) is 64.2 Å². The molecule has 3 aliphatic rings. The first-order valence-corrected chi connectivity index (χ1v) is 15.3. The van der Waals surface area contributed by atoms with Crippen molar-refractivity contribution in [3.8, 4) is 0 Å². The maximum Gasteiger partial charge on any atom is 0.140 e. The summed E-state index contributed by atoms with van der Waals surface area (Å²) >= 11 is 0. The van der Waals surface area contributed by atoms with Crippen LogP contribution in [0.25, 0.3) is 10.9 Å². The van der Waals surface area contributed by atoms with Gasteiger partial charge in [0.15, 0.2) is 0 Å². The van der Waals surface area contributed by atoms with E-state index in [2.05, 4.69) is 83.2 Å². The van der Waals surface area contributed by atoms with Crippen LogP contribution >= 0.6 is 0 Å². The number of nitrogens with zero attached hydrogens (tertiary/aromatic N) is 6. The summed E-state index contributed by atoms with van der Waals surface area (Å²) in [6.45, 7) is 10.8. The van der Waals surface area contributed by atoms with Gasteiger partial charge in [0.25, 0.3) is 0 Å². The SMILES string of the molecule is CC.CN(C)c1ccccc1C1CCN(c2nc(C3CC3)nc3ccc(N(C)CCN4CCCC4)cc23)CC1. The molecule has 1 aliphatic carbocycles. The third-order valence-corrected chi connectivity index (χ3v) is 8.66. The van der Waals surface area contributed by atoms with E-state index in [4.69, 9.17) is 9.97 Å². The van der Waals surface area contributed by atoms with Crippen LogP contribution in [0.2, 0.25) is 0 Å². The van der Waals surface area contributed by atoms with Crippen molar-refractivity contribution in [1.82, 2.24) is 14.9 Å². The Bertz CT molecular complexity index is 1220. The Labute approximate surface area is 236 Å². The van der Waals surface area contributed by atoms with E-state index < -0.39 is 0 Å². The summed E-state index contributed by atoms with van der Waals surface area (Å²) in [5, 5.41) is 1.21. The minimum absolute atomic E-state index is 0.551. The van der Waals surface area contributed by atoms with Crippen LogP contribution in [0.1, 0.15) is 75.6 Å². The van der Waals surface area contributed by atoms with Crippen LogP contribution < -0.4 is 14.7 Å². The third-order valence-electron chi connectivity index (χ3n) is 8.66. The van der Waals surface area contributed by atoms with E-state index in [1.807, 2.05) is 13.8 Å². The predicted molar refractivity (Wildman–Crippen MR) is 167 cm³/mol. The number of fused-ring (bicyclic) bond motifs is 1. The van der Waals surface area contributed by atoms with E-state index in [0.29, 0.717) is 11.8 Å². The normalized spacial score (nSPS) is 18.2. The molecule has 2 aliphatic heterocycles. The molecule has 0 N–H and O–H groups in total. The van der Waals surface area contributed by atoms with E-state index in [9.17, 15) is 0 Å². The molecule has 0 unspecified atom stereocenters. The molecule has 0 bridgehead atoms. The molecule has 0 spiro atoms. The summed E-state index contributed by atoms with van der Waals surface area (Å²) in [6.07, 6.45) is 7.47. The fourth-order valence-corrected chi connectivity index (χ4v) is 6.19. The molecule has 6 rings (SSSR count). The van der Waals surface area contributed by atoms with E-state index in [1.54, 1.807) is 0 Å². The Morgan fingerprint density at radius 1 is 0.821 bits per heavy atom. The molecule has 210 valence electrons. The van der Waals surface area contributed by atoms with Gasteiger partial charge in [0.05, 0.1) is 5.52 Å². The fourth-order valence-electron chi connectivity index (χ4n) is 6.19. The summed E-state index contributed by atoms with van der Waals surface area (Å²) in [6, 6.07) is 15.8. The predicted octanol–water partition coefficient (Wildman–Crippen LogP) is 6.52. The summed E-state index contributed by atoms with van der Waals surface area (Å²) < 4.78 is 0. The van der Waals surface area contributed by atoms with Gasteiger partial charge in [0.1, 0.15) is 11.6 Å². The maximum absolute atomic E-state index is 5.22. The van der Waals surface area contributed by atoms with Gasteiger partial charge >= 0.3 is 0 Å². The summed E-state index contributed by atoms with van der Waals surface area (Å²) in [5.74, 6) is 3.35. The number of anilines is 3. The van der Waals surface area contributed by atoms with Gasteiger partial charge in [-0.3, -0.25) is 0 Å². The lowest BCUT2D eigenvalue weighted by atomic mass is 9.88. The van der Waals surface area contributed by atoms with Gasteiger partial charge in [-0.25, -0.2) is 9.97 Å². The summed E-state index contributed by atoms with van der Waals surface area (Å²) in [4.78, 5) is 20.0. The van der Waals surface area contributed by atoms with Crippen LogP contribution in [-0.2, 0) is 0 Å². The van der Waals surface area contributed by atoms with Gasteiger partial charge in [0, 0.05) is 70.0 Å². The van der Waals surface area contributed by atoms with Crippen molar-refractivity contribution in [3.05, 3.63) is 53.9 Å². The second-order valence-corrected chi connectivity index (χ2v) is 11.6. The number of hydrogen-bond donors (Lipinski definition) is 0. The van der Waals surface area contributed by atoms with E-state index in [-0.39, 0.29) is 0 Å². The number of rotatable bonds is 8. The van der Waals surface area contributed by atoms with Crippen LogP contribution in [0, 0.1) is 0 Å². The zero-order chi connectivity index (χ0) is 27.4. The van der Waals surface area contributed by atoms with Crippen LogP contribution in [0.4, 0.5) is 17.2 Å². The highest BCUT2D eigenvalue weighted by Crippen LogP contribution is 2.41. The lowest BCUT2D eigenvalue weighted by molar-refractivity contribution is 0.346. The van der Waals surface area contributed by atoms with Crippen molar-refractivity contribution in [1.29, 1.82) is 0 Å². The van der Waals surface area contributed by atoms with Gasteiger partial charge in [-0.05, 0) is 87.4 Å². The highest BCUT2D eigenvalue weighted by atomic mass is 15.2. The second-order valence-electron chi connectivity index (χ2n) is 11.6. The van der Waals surface area contributed by atoms with Crippen LogP contribution in [-0.4, -0.2) is 75.3 Å². The van der Waals surface area contributed by atoms with Crippen molar-refractivity contribution < 1.29 is 0 Å². The number of hydrogen-bond acceptors (Lipinski definition) is 6. The molecule has 39 heavy (non-hydrogen) atoms. The van der Waals surface area contributed by atoms with Gasteiger partial charge in [-0.2, -0.15) is 0 Å². The van der Waals surface area contributed by atoms with Crippen molar-refractivity contribution in [2.24, 2.45) is 0 Å². The fraction of sp³-hybridized carbons (Fsp3) is 0.576. The average Bonchev–Trinajstić information content (AvgIpc) is 3.71. The van der Waals surface area contributed by atoms with Crippen molar-refractivity contribution >= 4 is 28.1 Å². The minimum Gasteiger partial charge on any atom is -0.377 e. The Morgan fingerprint density at radius 2 is 1.54 bits per heavy atom. The first kappa shape index (κ1) is 27.7. The number of likely N-dealkylation sites (tertiary alicyclic amines) is 1. The lowest BCUT2D eigenvalue weighted by Crippen LogP contribution is -2.34. The molecule has 6 nitrogen and oxygen atoms in total. The molecular weight excluding hydrogens is 480 g/mol. The van der Waals surface area contributed by atoms with Crippen molar-refractivity contribution in [3.63, 3.8) is 0 Å². The Hall–Kier alpha value is -2.86. The topological polar surface area (TPSA) is 38.7 Å². The Balaban J connectivity index is 0.00000151. The number of likely N-dealkylation sites (N-methyl/N-ethyl adjacent to an activating group) is 1. The quantitative estimate of drug-likeness (QED) is 0.332. The molecule has 2 aromatic carbocycles. The van der Waals surface area contributed by atoms with Gasteiger partial charge < -0.3 is 19.6 Å². The molecule has 3 fully saturated rings. The van der Waals surface area contributed by atoms with E-state index in [0.717, 1.165) is 56.2 Å². The van der Waals surface area contributed by atoms with E-state index >= 15 is 0 Å². The first-order valence-electron chi connectivity index (χ1n) is 15.3. The smallest absolute Gasteiger partial charge is 0.140 e. The molecule has 1 aromatic heterocycles. The molecule has 0 radical (unpaired) electrons. The average molecular weight is 529 g/mol. The first-order chi connectivity index (χ1) is 19.1. The number of benzene rings is 2. The largest absolute Gasteiger partial charge is 0.377 e. The van der Waals surface area contributed by atoms with Crippen molar-refractivity contribution in [2.75, 3.05) is 75.1 Å². The molecule has 2 saturated heterocycles. The lowest BCUT2D eigenvalue weighted by Gasteiger charge is -2.35. The maximum atomic E-state index is 5.22. The zero-order valence-corrected chi connectivity index (χ0v) is 24.9. The number of para-hydroxylation sites is 1. The molecule has 0 amide bonds. The highest BCUT2D eigenvalue weighted by molar-refractivity contribution is 5.92. The zero-order valence-electron chi connectivity index (χ0n) is 24.9. The van der Waals surface area contributed by atoms with Crippen LogP contribution in [0.3, 0.4) is 0 Å². The number of piperidine rings is 1. The molecule has 6 heteroatoms. The molecule has 3 heterocycles. The van der Waals surface area contributed by atoms with Gasteiger partial charge in [0.2, 0.25) is 0 Å². The highest BCUT2D eigenvalue weighted by Gasteiger charge is 2.30. The molecule has 3 aromatic rings. The molecule has 0 atom stereocenters. The summed E-state index contributed by atoms with van der Waals surface area (Å²) in [7, 11) is 6.53. The standard InChI is InChI=1S/C31H42N6.C2H6/c1-34(2)29-9-5-4-8-26(29)23-14-18-37(19-15-23)31-27-22-25(35(3)20-21-36-16-6-7-17-36)12-13-28(27)32-30(33-31)24-10-11-24;1-2/h4-5,8-9,12-13,22-24H,6-7,10-11,14-21H2,1-3H3;1-2H3. The summed E-state index contributed by atoms with van der Waals surface area (Å²) in [5.41, 5.74) is 5.21. The molecular formula is C33H48N6. The van der Waals surface area contributed by atoms with Gasteiger partial charge in [-0.1, -0.05) is 32.0 Å². The van der Waals surface area contributed by atoms with Crippen LogP contribution in [0.15, 0.2) is 42.5 Å². The third kappa shape index (κ3) is 6.32. The minimum atomic E-state index is 0.551. The molecule has 1 saturated carbocycles. The van der Waals surface area contributed by atoms with Gasteiger partial charge in [-0.15, -0.1) is 0 Å². The Morgan fingerprint density at radius 3 is 2.23 bits per heavy atom. The van der Waals surface area contributed by atoms with E-state index in [1.165, 1.54) is 61.1 Å². The Kier molecular flexibility index (Phi) is 8.91. The second kappa shape index (κ2) is 12.5. The monoisotopic (exact) mass is 528 g/mol.